The van der Waals surface area contributed by atoms with Crippen LogP contribution in [0.5, 0.6) is 5.75 Å². The summed E-state index contributed by atoms with van der Waals surface area (Å²) in [6.45, 7) is 11.0. The lowest BCUT2D eigenvalue weighted by Gasteiger charge is -2.13. The van der Waals surface area contributed by atoms with Gasteiger partial charge in [0.1, 0.15) is 12.4 Å². The largest absolute Gasteiger partial charge is 0.478 e. The van der Waals surface area contributed by atoms with E-state index in [1.54, 1.807) is 12.1 Å². The molecule has 14 heteroatoms. The van der Waals surface area contributed by atoms with Gasteiger partial charge in [-0.1, -0.05) is 24.8 Å². The second-order valence-corrected chi connectivity index (χ2v) is 8.13. The third-order valence-corrected chi connectivity index (χ3v) is 4.66. The molecule has 43 heavy (non-hydrogen) atoms. The predicted molar refractivity (Wildman–Crippen MR) is 155 cm³/mol. The molecule has 0 radical (unpaired) electrons. The number of carbonyl (C=O) groups is 1. The standard InChI is InChI=1S/C26H46O12.C3H4O2/c27-6-7-29-8-9-30-10-11-31-12-13-32-14-15-33-16-17-34-18-19-35-20-21-36-22-23-37-24-26(28)38-25-4-2-1-3-5-25;1-2-3(4)5/h1-5,26-28H,6-24H2;2H,1H2,(H,4,5). The predicted octanol–water partition coefficient (Wildman–Crippen LogP) is 0.783. The van der Waals surface area contributed by atoms with Crippen molar-refractivity contribution in [1.29, 1.82) is 0 Å². The molecule has 1 atom stereocenters. The minimum absolute atomic E-state index is 0.0233. The van der Waals surface area contributed by atoms with E-state index in [4.69, 9.17) is 57.6 Å². The summed E-state index contributed by atoms with van der Waals surface area (Å²) >= 11 is 0. The van der Waals surface area contributed by atoms with E-state index in [0.29, 0.717) is 118 Å². The van der Waals surface area contributed by atoms with E-state index in [0.717, 1.165) is 6.08 Å². The van der Waals surface area contributed by atoms with Crippen molar-refractivity contribution in [2.45, 2.75) is 6.29 Å². The van der Waals surface area contributed by atoms with E-state index in [9.17, 15) is 9.90 Å². The minimum Gasteiger partial charge on any atom is -0.478 e. The smallest absolute Gasteiger partial charge is 0.327 e. The summed E-state index contributed by atoms with van der Waals surface area (Å²) in [5.74, 6) is -0.390. The fraction of sp³-hybridized carbons (Fsp3) is 0.690. The SMILES string of the molecule is C=CC(=O)O.OCCOCCOCCOCCOCCOCCOCCOCCOCCOCC(O)Oc1ccccc1. The van der Waals surface area contributed by atoms with Crippen LogP contribution in [-0.4, -0.2) is 153 Å². The van der Waals surface area contributed by atoms with Gasteiger partial charge >= 0.3 is 5.97 Å². The molecule has 0 saturated carbocycles. The second kappa shape index (κ2) is 34.3. The molecule has 0 aliphatic rings. The maximum atomic E-state index is 9.75. The van der Waals surface area contributed by atoms with Crippen LogP contribution in [0.3, 0.4) is 0 Å². The normalized spacial score (nSPS) is 11.5. The number of aliphatic carboxylic acids is 1. The Kier molecular flexibility index (Phi) is 32.5. The first kappa shape index (κ1) is 40.8. The van der Waals surface area contributed by atoms with Crippen LogP contribution in [0.4, 0.5) is 0 Å². The Bertz CT molecular complexity index is 710. The van der Waals surface area contributed by atoms with Crippen molar-refractivity contribution in [2.75, 3.05) is 126 Å². The van der Waals surface area contributed by atoms with E-state index in [2.05, 4.69) is 6.58 Å². The summed E-state index contributed by atoms with van der Waals surface area (Å²) in [4.78, 5) is 9.25. The van der Waals surface area contributed by atoms with Gasteiger partial charge in [-0.3, -0.25) is 0 Å². The van der Waals surface area contributed by atoms with Gasteiger partial charge < -0.3 is 62.7 Å². The van der Waals surface area contributed by atoms with Crippen LogP contribution >= 0.6 is 0 Å². The molecule has 0 fully saturated rings. The third-order valence-electron chi connectivity index (χ3n) is 4.66. The molecular formula is C29H50O14. The van der Waals surface area contributed by atoms with Gasteiger partial charge in [-0.05, 0) is 12.1 Å². The topological polar surface area (TPSA) is 170 Å². The van der Waals surface area contributed by atoms with E-state index >= 15 is 0 Å². The molecule has 0 spiro atoms. The van der Waals surface area contributed by atoms with Gasteiger partial charge in [-0.2, -0.15) is 0 Å². The third kappa shape index (κ3) is 34.2. The zero-order chi connectivity index (χ0) is 31.5. The molecule has 250 valence electrons. The van der Waals surface area contributed by atoms with Crippen molar-refractivity contribution in [3.8, 4) is 5.75 Å². The molecular weight excluding hydrogens is 572 g/mol. The Balaban J connectivity index is 0.00000324. The molecule has 0 aliphatic heterocycles. The van der Waals surface area contributed by atoms with Gasteiger partial charge in [0.2, 0.25) is 6.29 Å². The summed E-state index contributed by atoms with van der Waals surface area (Å²) in [6.07, 6.45) is -0.183. The number of para-hydroxylation sites is 1. The number of hydrogen-bond acceptors (Lipinski definition) is 13. The van der Waals surface area contributed by atoms with Crippen LogP contribution in [0.2, 0.25) is 0 Å². The van der Waals surface area contributed by atoms with Crippen molar-refractivity contribution < 1.29 is 67.5 Å². The number of carboxylic acid groups (broad SMARTS) is 1. The molecule has 1 aromatic carbocycles. The van der Waals surface area contributed by atoms with E-state index in [-0.39, 0.29) is 13.2 Å². The number of aliphatic hydroxyl groups excluding tert-OH is 2. The maximum Gasteiger partial charge on any atom is 0.327 e. The van der Waals surface area contributed by atoms with E-state index in [1.807, 2.05) is 18.2 Å². The number of hydrogen-bond donors (Lipinski definition) is 3. The number of benzene rings is 1. The summed E-state index contributed by atoms with van der Waals surface area (Å²) in [7, 11) is 0. The highest BCUT2D eigenvalue weighted by Crippen LogP contribution is 2.09. The first-order valence-corrected chi connectivity index (χ1v) is 14.2. The van der Waals surface area contributed by atoms with Crippen molar-refractivity contribution in [3.63, 3.8) is 0 Å². The Morgan fingerprint density at radius 1 is 0.605 bits per heavy atom. The number of aliphatic hydroxyl groups is 2. The average Bonchev–Trinajstić information content (AvgIpc) is 3.01. The molecule has 0 amide bonds. The molecule has 3 N–H and O–H groups in total. The Labute approximate surface area is 254 Å². The van der Waals surface area contributed by atoms with Gasteiger partial charge in [-0.25, -0.2) is 4.79 Å². The molecule has 0 heterocycles. The monoisotopic (exact) mass is 622 g/mol. The first-order chi connectivity index (χ1) is 21.1. The maximum absolute atomic E-state index is 9.75. The lowest BCUT2D eigenvalue weighted by atomic mass is 10.3. The lowest BCUT2D eigenvalue weighted by molar-refractivity contribution is -0.131. The van der Waals surface area contributed by atoms with Crippen molar-refractivity contribution >= 4 is 5.97 Å². The number of rotatable bonds is 31. The molecule has 0 aromatic heterocycles. The van der Waals surface area contributed by atoms with Crippen molar-refractivity contribution in [3.05, 3.63) is 43.0 Å². The van der Waals surface area contributed by atoms with Gasteiger partial charge in [-0.15, -0.1) is 0 Å². The van der Waals surface area contributed by atoms with Crippen LogP contribution in [0.15, 0.2) is 43.0 Å². The van der Waals surface area contributed by atoms with Gasteiger partial charge in [0, 0.05) is 6.08 Å². The zero-order valence-electron chi connectivity index (χ0n) is 25.0. The highest BCUT2D eigenvalue weighted by molar-refractivity contribution is 5.78. The van der Waals surface area contributed by atoms with Crippen molar-refractivity contribution in [2.24, 2.45) is 0 Å². The molecule has 1 aromatic rings. The fourth-order valence-corrected chi connectivity index (χ4v) is 2.70. The molecule has 1 rings (SSSR count). The zero-order valence-corrected chi connectivity index (χ0v) is 25.0. The second-order valence-electron chi connectivity index (χ2n) is 8.13. The van der Waals surface area contributed by atoms with E-state index in [1.165, 1.54) is 0 Å². The summed E-state index contributed by atoms with van der Waals surface area (Å²) < 4.78 is 53.5. The van der Waals surface area contributed by atoms with Crippen LogP contribution in [0, 0.1) is 0 Å². The van der Waals surface area contributed by atoms with Crippen LogP contribution < -0.4 is 4.74 Å². The van der Waals surface area contributed by atoms with Gasteiger partial charge in [0.25, 0.3) is 0 Å². The quantitative estimate of drug-likeness (QED) is 0.0603. The molecule has 0 aliphatic carbocycles. The van der Waals surface area contributed by atoms with Crippen LogP contribution in [0.25, 0.3) is 0 Å². The Morgan fingerprint density at radius 2 is 0.907 bits per heavy atom. The number of ether oxygens (including phenoxy) is 10. The van der Waals surface area contributed by atoms with E-state index < -0.39 is 12.3 Å². The minimum atomic E-state index is -1.02. The van der Waals surface area contributed by atoms with Crippen LogP contribution in [-0.2, 0) is 47.4 Å². The summed E-state index contributed by atoms with van der Waals surface area (Å²) in [6, 6.07) is 9.08. The van der Waals surface area contributed by atoms with Crippen molar-refractivity contribution in [1.82, 2.24) is 0 Å². The number of carboxylic acids is 1. The fourth-order valence-electron chi connectivity index (χ4n) is 2.70. The summed E-state index contributed by atoms with van der Waals surface area (Å²) in [5.41, 5.74) is 0. The lowest BCUT2D eigenvalue weighted by Crippen LogP contribution is -2.23. The molecule has 14 nitrogen and oxygen atoms in total. The Hall–Kier alpha value is -2.21. The molecule has 1 unspecified atom stereocenters. The summed E-state index contributed by atoms with van der Waals surface area (Å²) in [5, 5.41) is 25.9. The Morgan fingerprint density at radius 3 is 1.21 bits per heavy atom. The van der Waals surface area contributed by atoms with Gasteiger partial charge in [0.15, 0.2) is 0 Å². The first-order valence-electron chi connectivity index (χ1n) is 14.2. The molecule has 0 saturated heterocycles. The van der Waals surface area contributed by atoms with Crippen LogP contribution in [0.1, 0.15) is 0 Å². The average molecular weight is 623 g/mol. The van der Waals surface area contributed by atoms with Gasteiger partial charge in [0.05, 0.1) is 119 Å². The molecule has 0 bridgehead atoms. The highest BCUT2D eigenvalue weighted by Gasteiger charge is 2.05. The highest BCUT2D eigenvalue weighted by atomic mass is 16.6.